The van der Waals surface area contributed by atoms with Crippen molar-refractivity contribution >= 4 is 23.3 Å². The van der Waals surface area contributed by atoms with Crippen LogP contribution in [0.25, 0.3) is 17.0 Å². The molecule has 3 heteroatoms. The number of benzene rings is 1. The predicted molar refractivity (Wildman–Crippen MR) is 71.0 cm³/mol. The van der Waals surface area contributed by atoms with Gasteiger partial charge in [0.25, 0.3) is 0 Å². The van der Waals surface area contributed by atoms with Gasteiger partial charge in [0.2, 0.25) is 0 Å². The van der Waals surface area contributed by atoms with E-state index in [0.717, 1.165) is 28.4 Å². The molecule has 0 spiro atoms. The first-order valence-electron chi connectivity index (χ1n) is 5.52. The second-order valence-corrected chi connectivity index (χ2v) is 4.27. The molecular weight excluding hydrogens is 212 g/mol. The van der Waals surface area contributed by atoms with E-state index in [9.17, 15) is 4.79 Å². The molecule has 0 saturated heterocycles. The molecule has 0 N–H and O–H groups in total. The third kappa shape index (κ3) is 1.96. The van der Waals surface area contributed by atoms with E-state index in [1.807, 2.05) is 67.2 Å². The minimum Gasteiger partial charge on any atom is -0.383 e. The number of carbonyl (C=O) groups excluding carboxylic acids is 1. The fourth-order valence-electron chi connectivity index (χ4n) is 1.99. The lowest BCUT2D eigenvalue weighted by Crippen LogP contribution is -2.01. The lowest BCUT2D eigenvalue weighted by molar-refractivity contribution is 0.112. The Hall–Kier alpha value is -2.03. The number of aryl methyl sites for hydroxylation is 1. The highest BCUT2D eigenvalue weighted by atomic mass is 16.1. The van der Waals surface area contributed by atoms with Crippen molar-refractivity contribution in [2.24, 2.45) is 7.05 Å². The van der Waals surface area contributed by atoms with Gasteiger partial charge in [-0.15, -0.1) is 0 Å². The third-order valence-electron chi connectivity index (χ3n) is 2.84. The fraction of sp³-hybridized carbons (Fsp3) is 0.214. The largest absolute Gasteiger partial charge is 0.383 e. The summed E-state index contributed by atoms with van der Waals surface area (Å²) < 4.78 is 2.04. The fourth-order valence-corrected chi connectivity index (χ4v) is 1.99. The Morgan fingerprint density at radius 1 is 1.24 bits per heavy atom. The summed E-state index contributed by atoms with van der Waals surface area (Å²) in [7, 11) is 5.89. The Bertz CT molecular complexity index is 579. The first kappa shape index (κ1) is 11.5. The topological polar surface area (TPSA) is 25.2 Å². The molecule has 0 radical (unpaired) electrons. The number of hydrogen-bond donors (Lipinski definition) is 0. The van der Waals surface area contributed by atoms with Gasteiger partial charge in [-0.2, -0.15) is 0 Å². The highest BCUT2D eigenvalue weighted by molar-refractivity contribution is 6.01. The number of nitrogens with zero attached hydrogens (tertiary/aromatic N) is 2. The molecule has 0 atom stereocenters. The quantitative estimate of drug-likeness (QED) is 0.754. The molecule has 0 saturated carbocycles. The van der Waals surface area contributed by atoms with Crippen LogP contribution in [0, 0.1) is 0 Å². The van der Waals surface area contributed by atoms with E-state index in [1.54, 1.807) is 0 Å². The smallest absolute Gasteiger partial charge is 0.152 e. The van der Waals surface area contributed by atoms with E-state index >= 15 is 0 Å². The summed E-state index contributed by atoms with van der Waals surface area (Å²) in [5.74, 6) is 0. The van der Waals surface area contributed by atoms with E-state index < -0.39 is 0 Å². The zero-order chi connectivity index (χ0) is 12.4. The lowest BCUT2D eigenvalue weighted by Gasteiger charge is -2.04. The van der Waals surface area contributed by atoms with E-state index in [-0.39, 0.29) is 0 Å². The molecule has 0 bridgehead atoms. The second-order valence-electron chi connectivity index (χ2n) is 4.27. The Balaban J connectivity index is 2.69. The Labute approximate surface area is 101 Å². The number of rotatable bonds is 3. The zero-order valence-corrected chi connectivity index (χ0v) is 10.3. The lowest BCUT2D eigenvalue weighted by atomic mass is 10.1. The maximum Gasteiger partial charge on any atom is 0.152 e. The van der Waals surface area contributed by atoms with E-state index in [4.69, 9.17) is 0 Å². The van der Waals surface area contributed by atoms with Gasteiger partial charge in [-0.3, -0.25) is 4.79 Å². The van der Waals surface area contributed by atoms with Crippen molar-refractivity contribution in [3.63, 3.8) is 0 Å². The molecule has 0 amide bonds. The van der Waals surface area contributed by atoms with Crippen molar-refractivity contribution < 1.29 is 4.79 Å². The average molecular weight is 228 g/mol. The molecule has 2 aromatic rings. The van der Waals surface area contributed by atoms with E-state index in [1.165, 1.54) is 0 Å². The minimum atomic E-state index is 0.751. The van der Waals surface area contributed by atoms with Crippen LogP contribution in [0.4, 0.5) is 0 Å². The molecule has 3 nitrogen and oxygen atoms in total. The second kappa shape index (κ2) is 4.45. The third-order valence-corrected chi connectivity index (χ3v) is 2.84. The van der Waals surface area contributed by atoms with Crippen LogP contribution in [0.15, 0.2) is 30.5 Å². The predicted octanol–water partition coefficient (Wildman–Crippen LogP) is 2.52. The molecule has 1 aromatic heterocycles. The van der Waals surface area contributed by atoms with Crippen LogP contribution in [0.3, 0.4) is 0 Å². The van der Waals surface area contributed by atoms with Crippen LogP contribution in [0.1, 0.15) is 16.1 Å². The molecule has 1 aromatic carbocycles. The molecule has 2 rings (SSSR count). The summed E-state index contributed by atoms with van der Waals surface area (Å²) >= 11 is 0. The summed E-state index contributed by atoms with van der Waals surface area (Å²) in [6.07, 6.45) is 4.84. The first-order chi connectivity index (χ1) is 8.15. The molecule has 0 fully saturated rings. The Morgan fingerprint density at radius 3 is 2.59 bits per heavy atom. The Morgan fingerprint density at radius 2 is 1.94 bits per heavy atom. The van der Waals surface area contributed by atoms with Crippen molar-refractivity contribution in [1.82, 2.24) is 9.47 Å². The van der Waals surface area contributed by atoms with Crippen LogP contribution in [-0.2, 0) is 7.05 Å². The monoisotopic (exact) mass is 228 g/mol. The van der Waals surface area contributed by atoms with Crippen LogP contribution >= 0.6 is 0 Å². The van der Waals surface area contributed by atoms with Gasteiger partial charge < -0.3 is 9.47 Å². The molecule has 0 aliphatic heterocycles. The molecule has 1 heterocycles. The van der Waals surface area contributed by atoms with Gasteiger partial charge in [0, 0.05) is 43.8 Å². The standard InChI is InChI=1S/C14H16N2O/c1-15(2)9-8-14-12(10-17)11-6-4-5-7-13(11)16(14)3/h4-10H,1-3H3. The van der Waals surface area contributed by atoms with Crippen molar-refractivity contribution in [2.45, 2.75) is 0 Å². The highest BCUT2D eigenvalue weighted by Gasteiger charge is 2.11. The zero-order valence-electron chi connectivity index (χ0n) is 10.3. The van der Waals surface area contributed by atoms with Crippen LogP contribution in [0.2, 0.25) is 0 Å². The summed E-state index contributed by atoms with van der Waals surface area (Å²) in [5, 5.41) is 1.00. The van der Waals surface area contributed by atoms with Gasteiger partial charge in [-0.25, -0.2) is 0 Å². The van der Waals surface area contributed by atoms with Crippen molar-refractivity contribution in [1.29, 1.82) is 0 Å². The van der Waals surface area contributed by atoms with Gasteiger partial charge >= 0.3 is 0 Å². The number of aromatic nitrogens is 1. The Kier molecular flexibility index (Phi) is 3.00. The minimum absolute atomic E-state index is 0.751. The summed E-state index contributed by atoms with van der Waals surface area (Å²) in [6.45, 7) is 0. The summed E-state index contributed by atoms with van der Waals surface area (Å²) in [4.78, 5) is 13.2. The highest BCUT2D eigenvalue weighted by Crippen LogP contribution is 2.24. The van der Waals surface area contributed by atoms with E-state index in [0.29, 0.717) is 0 Å². The van der Waals surface area contributed by atoms with E-state index in [2.05, 4.69) is 0 Å². The van der Waals surface area contributed by atoms with Crippen LogP contribution in [0.5, 0.6) is 0 Å². The number of para-hydroxylation sites is 1. The van der Waals surface area contributed by atoms with Gasteiger partial charge in [-0.1, -0.05) is 18.2 Å². The van der Waals surface area contributed by atoms with Gasteiger partial charge in [-0.05, 0) is 12.1 Å². The van der Waals surface area contributed by atoms with Crippen LogP contribution < -0.4 is 0 Å². The maximum absolute atomic E-state index is 11.2. The first-order valence-corrected chi connectivity index (χ1v) is 5.52. The average Bonchev–Trinajstić information content (AvgIpc) is 2.60. The molecular formula is C14H16N2O. The van der Waals surface area contributed by atoms with Crippen molar-refractivity contribution in [3.8, 4) is 0 Å². The number of hydrogen-bond acceptors (Lipinski definition) is 2. The van der Waals surface area contributed by atoms with Gasteiger partial charge in [0.05, 0.1) is 5.69 Å². The van der Waals surface area contributed by atoms with Gasteiger partial charge in [0.15, 0.2) is 6.29 Å². The molecule has 17 heavy (non-hydrogen) atoms. The normalized spacial score (nSPS) is 11.2. The molecule has 88 valence electrons. The number of fused-ring (bicyclic) bond motifs is 1. The number of carbonyl (C=O) groups is 1. The van der Waals surface area contributed by atoms with Crippen LogP contribution in [-0.4, -0.2) is 29.8 Å². The van der Waals surface area contributed by atoms with Crippen molar-refractivity contribution in [2.75, 3.05) is 14.1 Å². The molecule has 0 aliphatic carbocycles. The molecule has 0 unspecified atom stereocenters. The summed E-state index contributed by atoms with van der Waals surface area (Å²) in [5.41, 5.74) is 2.77. The summed E-state index contributed by atoms with van der Waals surface area (Å²) in [6, 6.07) is 7.94. The SMILES string of the molecule is CN(C)C=Cc1c(C=O)c2ccccc2n1C. The van der Waals surface area contributed by atoms with Crippen molar-refractivity contribution in [3.05, 3.63) is 41.7 Å². The van der Waals surface area contributed by atoms with Gasteiger partial charge in [0.1, 0.15) is 0 Å². The molecule has 0 aliphatic rings. The number of aldehydes is 1. The maximum atomic E-state index is 11.2.